The van der Waals surface area contributed by atoms with E-state index >= 15 is 0 Å². The summed E-state index contributed by atoms with van der Waals surface area (Å²) in [6.45, 7) is 10.2. The predicted octanol–water partition coefficient (Wildman–Crippen LogP) is 7.60. The molecule has 3 amide bonds. The summed E-state index contributed by atoms with van der Waals surface area (Å²) in [4.78, 5) is 41.5. The van der Waals surface area contributed by atoms with E-state index in [1.165, 1.54) is 98.9 Å². The third-order valence-electron chi connectivity index (χ3n) is 16.5. The lowest BCUT2D eigenvalue weighted by atomic mass is 9.60. The van der Waals surface area contributed by atoms with Crippen LogP contribution < -0.4 is 30.7 Å². The molecule has 5 aliphatic heterocycles. The van der Waals surface area contributed by atoms with Crippen molar-refractivity contribution in [1.82, 2.24) is 30.0 Å². The number of aromatic nitrogens is 4. The van der Waals surface area contributed by atoms with Gasteiger partial charge in [0.15, 0.2) is 5.82 Å². The summed E-state index contributed by atoms with van der Waals surface area (Å²) in [5.41, 5.74) is 16.4. The minimum absolute atomic E-state index is 0.190. The Bertz CT molecular complexity index is 2640. The number of benzene rings is 2. The molecule has 3 aromatic heterocycles. The number of nitrogens with two attached hydrogens (primary N) is 1. The Morgan fingerprint density at radius 3 is 2.32 bits per heavy atom. The van der Waals surface area contributed by atoms with Crippen LogP contribution in [0, 0.1) is 18.3 Å². The van der Waals surface area contributed by atoms with E-state index in [-0.39, 0.29) is 17.7 Å². The number of nitrogen functional groups attached to an aromatic ring is 1. The number of phenolic OH excluding ortho intramolecular Hbond substituents is 1. The molecule has 7 fully saturated rings. The van der Waals surface area contributed by atoms with Gasteiger partial charge in [0.05, 0.1) is 23.3 Å². The molecule has 12 rings (SSSR count). The summed E-state index contributed by atoms with van der Waals surface area (Å²) in [6.07, 6.45) is 16.7. The molecular formula is C51H61N11O3. The maximum Gasteiger partial charge on any atom is 0.328 e. The standard InChI is InChI=1S/C51H61N11O3/c1-32-6-9-35(62-36-10-11-37(62)30-59(29-36)45-24-43(55-56-48(45)52)40-4-2-3-5-46(40)63)23-44(32)58-17-12-33(13-18-58)28-57-20-15-51(16-21-57)25-39(26-51)61-31-42(34-7-8-34)41-22-38(27-53-49(41)61)60-19-14-47(64)54-50(60)65/h2-6,9,22-24,27,31,33-34,36-37,39,63H,7-8,10-21,25-26,28-30H2,1H3,(H2,52,56)(H,54,64,65). The summed E-state index contributed by atoms with van der Waals surface area (Å²) in [6, 6.07) is 19.4. The third-order valence-corrected chi connectivity index (χ3v) is 16.5. The SMILES string of the molecule is Cc1ccc(N2C3CCC2CN(c2cc(-c4ccccc4O)nnc2N)C3)cc1N1CCC(CN2CCC3(CC2)CC(n2cc(C4CC4)c4cc(N5CCC(=O)NC5=O)cnc42)C3)CC1. The molecule has 14 heteroatoms. The molecule has 2 saturated carbocycles. The van der Waals surface area contributed by atoms with Gasteiger partial charge in [-0.1, -0.05) is 18.2 Å². The molecule has 7 aliphatic rings. The Balaban J connectivity index is 0.645. The predicted molar refractivity (Wildman–Crippen MR) is 255 cm³/mol. The van der Waals surface area contributed by atoms with E-state index < -0.39 is 0 Å². The number of rotatable bonds is 9. The molecular weight excluding hydrogens is 815 g/mol. The van der Waals surface area contributed by atoms with E-state index in [1.54, 1.807) is 11.0 Å². The molecule has 338 valence electrons. The first-order valence-electron chi connectivity index (χ1n) is 24.3. The van der Waals surface area contributed by atoms with Gasteiger partial charge in [-0.25, -0.2) is 9.78 Å². The number of para-hydroxylation sites is 1. The zero-order chi connectivity index (χ0) is 44.0. The second kappa shape index (κ2) is 15.9. The molecule has 8 heterocycles. The Kier molecular flexibility index (Phi) is 9.95. The average Bonchev–Trinajstić information content (AvgIpc) is 4.03. The number of urea groups is 1. The summed E-state index contributed by atoms with van der Waals surface area (Å²) in [5.74, 6) is 1.73. The number of aryl methyl sites for hydroxylation is 1. The number of likely N-dealkylation sites (tertiary alicyclic amines) is 1. The van der Waals surface area contributed by atoms with Crippen LogP contribution >= 0.6 is 0 Å². The highest BCUT2D eigenvalue weighted by atomic mass is 16.3. The van der Waals surface area contributed by atoms with Crippen molar-refractivity contribution in [2.75, 3.05) is 77.7 Å². The Labute approximate surface area is 380 Å². The van der Waals surface area contributed by atoms with Gasteiger partial charge in [-0.2, -0.15) is 0 Å². The van der Waals surface area contributed by atoms with Crippen LogP contribution in [-0.2, 0) is 4.79 Å². The van der Waals surface area contributed by atoms with Crippen molar-refractivity contribution in [3.8, 4) is 17.0 Å². The first-order chi connectivity index (χ1) is 31.6. The summed E-state index contributed by atoms with van der Waals surface area (Å²) >= 11 is 0. The van der Waals surface area contributed by atoms with Crippen LogP contribution in [0.15, 0.2) is 67.0 Å². The van der Waals surface area contributed by atoms with E-state index in [4.69, 9.17) is 10.7 Å². The fourth-order valence-electron chi connectivity index (χ4n) is 12.7. The summed E-state index contributed by atoms with van der Waals surface area (Å²) < 4.78 is 2.47. The van der Waals surface area contributed by atoms with Crippen LogP contribution in [0.2, 0.25) is 0 Å². The van der Waals surface area contributed by atoms with Crippen molar-refractivity contribution >= 4 is 51.5 Å². The van der Waals surface area contributed by atoms with Crippen LogP contribution in [0.1, 0.15) is 93.7 Å². The van der Waals surface area contributed by atoms with E-state index in [0.29, 0.717) is 59.5 Å². The van der Waals surface area contributed by atoms with Crippen molar-refractivity contribution in [3.63, 3.8) is 0 Å². The second-order valence-corrected chi connectivity index (χ2v) is 20.6. The van der Waals surface area contributed by atoms with Gasteiger partial charge in [0.2, 0.25) is 5.91 Å². The zero-order valence-corrected chi connectivity index (χ0v) is 37.5. The maximum absolute atomic E-state index is 12.6. The largest absolute Gasteiger partial charge is 0.507 e. The highest BCUT2D eigenvalue weighted by Gasteiger charge is 2.48. The average molecular weight is 876 g/mol. The third kappa shape index (κ3) is 7.41. The van der Waals surface area contributed by atoms with E-state index in [9.17, 15) is 14.7 Å². The van der Waals surface area contributed by atoms with Crippen LogP contribution in [-0.4, -0.2) is 106 Å². The van der Waals surface area contributed by atoms with Gasteiger partial charge in [-0.05, 0) is 149 Å². The van der Waals surface area contributed by atoms with Crippen molar-refractivity contribution in [2.24, 2.45) is 11.3 Å². The highest BCUT2D eigenvalue weighted by Crippen LogP contribution is 2.56. The smallest absolute Gasteiger partial charge is 0.328 e. The van der Waals surface area contributed by atoms with Crippen LogP contribution in [0.5, 0.6) is 5.75 Å². The minimum atomic E-state index is -0.353. The molecule has 2 atom stereocenters. The topological polar surface area (TPSA) is 152 Å². The van der Waals surface area contributed by atoms with Crippen LogP contribution in [0.3, 0.4) is 0 Å². The Morgan fingerprint density at radius 1 is 0.815 bits per heavy atom. The normalized spacial score (nSPS) is 24.0. The lowest BCUT2D eigenvalue weighted by Crippen LogP contribution is -2.54. The van der Waals surface area contributed by atoms with E-state index in [0.717, 1.165) is 62.0 Å². The first-order valence-corrected chi connectivity index (χ1v) is 24.3. The number of hydrogen-bond acceptors (Lipinski definition) is 11. The number of pyridine rings is 1. The first kappa shape index (κ1) is 40.6. The molecule has 5 aromatic rings. The lowest BCUT2D eigenvalue weighted by molar-refractivity contribution is -0.120. The summed E-state index contributed by atoms with van der Waals surface area (Å²) in [7, 11) is 0. The van der Waals surface area contributed by atoms with Crippen LogP contribution in [0.4, 0.5) is 33.4 Å². The number of imide groups is 1. The van der Waals surface area contributed by atoms with Gasteiger partial charge in [0.1, 0.15) is 11.4 Å². The lowest BCUT2D eigenvalue weighted by Gasteiger charge is -2.53. The Morgan fingerprint density at radius 2 is 1.58 bits per heavy atom. The summed E-state index contributed by atoms with van der Waals surface area (Å²) in [5, 5.41) is 22.8. The fourth-order valence-corrected chi connectivity index (χ4v) is 12.7. The van der Waals surface area contributed by atoms with E-state index in [2.05, 4.69) is 77.1 Å². The molecule has 2 unspecified atom stereocenters. The number of carbonyl (C=O) groups is 2. The molecule has 1 spiro atoms. The van der Waals surface area contributed by atoms with Gasteiger partial charge in [-0.15, -0.1) is 10.2 Å². The van der Waals surface area contributed by atoms with Crippen molar-refractivity contribution in [3.05, 3.63) is 78.1 Å². The number of amides is 3. The Hall–Kier alpha value is -5.89. The number of carbonyl (C=O) groups excluding carboxylic acids is 2. The molecule has 2 bridgehead atoms. The molecule has 2 aliphatic carbocycles. The van der Waals surface area contributed by atoms with Crippen LogP contribution in [0.25, 0.3) is 22.3 Å². The van der Waals surface area contributed by atoms with Crippen molar-refractivity contribution < 1.29 is 14.7 Å². The quantitative estimate of drug-likeness (QED) is 0.134. The highest BCUT2D eigenvalue weighted by molar-refractivity contribution is 6.06. The molecule has 2 aromatic carbocycles. The van der Waals surface area contributed by atoms with Gasteiger partial charge in [0, 0.05) is 92.3 Å². The molecule has 65 heavy (non-hydrogen) atoms. The van der Waals surface area contributed by atoms with Crippen molar-refractivity contribution in [1.29, 1.82) is 0 Å². The van der Waals surface area contributed by atoms with Gasteiger partial charge >= 0.3 is 6.03 Å². The number of nitrogens with one attached hydrogen (secondary N) is 1. The van der Waals surface area contributed by atoms with Crippen molar-refractivity contribution in [2.45, 2.75) is 102 Å². The molecule has 4 N–H and O–H groups in total. The second-order valence-electron chi connectivity index (χ2n) is 20.6. The molecule has 14 nitrogen and oxygen atoms in total. The van der Waals surface area contributed by atoms with Gasteiger partial charge in [-0.3, -0.25) is 15.0 Å². The number of phenols is 1. The number of aromatic hydroxyl groups is 1. The van der Waals surface area contributed by atoms with Gasteiger partial charge in [0.25, 0.3) is 0 Å². The van der Waals surface area contributed by atoms with Gasteiger partial charge < -0.3 is 35.0 Å². The zero-order valence-electron chi connectivity index (χ0n) is 37.5. The minimum Gasteiger partial charge on any atom is -0.507 e. The monoisotopic (exact) mass is 875 g/mol. The number of fused-ring (bicyclic) bond motifs is 3. The maximum atomic E-state index is 12.6. The number of piperazine rings is 1. The number of piperidine rings is 2. The fraction of sp³-hybridized carbons (Fsp3) is 0.510. The number of anilines is 5. The number of nitrogens with zero attached hydrogens (tertiary/aromatic N) is 9. The molecule has 0 radical (unpaired) electrons. The number of hydrogen-bond donors (Lipinski definition) is 3. The van der Waals surface area contributed by atoms with E-state index in [1.807, 2.05) is 30.5 Å². The molecule has 5 saturated heterocycles.